The zero-order valence-corrected chi connectivity index (χ0v) is 21.3. The van der Waals surface area contributed by atoms with Gasteiger partial charge in [0.05, 0.1) is 11.9 Å². The third kappa shape index (κ3) is 6.93. The van der Waals surface area contributed by atoms with Gasteiger partial charge in [-0.2, -0.15) is 0 Å². The number of hydrogen-bond donors (Lipinski definition) is 1. The van der Waals surface area contributed by atoms with Crippen LogP contribution in [0.4, 0.5) is 11.4 Å². The fourth-order valence-electron chi connectivity index (χ4n) is 3.32. The highest BCUT2D eigenvalue weighted by atomic mass is 32.2. The average molecular weight is 495 g/mol. The Balaban J connectivity index is 1.60. The topological polar surface area (TPSA) is 92.8 Å². The molecule has 0 bridgehead atoms. The number of ether oxygens (including phenoxy) is 1. The zero-order valence-electron chi connectivity index (χ0n) is 20.5. The summed E-state index contributed by atoms with van der Waals surface area (Å²) in [5.41, 5.74) is 3.17. The molecule has 3 rings (SSSR count). The van der Waals surface area contributed by atoms with Crippen molar-refractivity contribution in [3.8, 4) is 5.75 Å². The predicted molar refractivity (Wildman–Crippen MR) is 139 cm³/mol. The molecule has 1 N–H and O–H groups in total. The van der Waals surface area contributed by atoms with E-state index in [-0.39, 0.29) is 23.7 Å². The lowest BCUT2D eigenvalue weighted by Crippen LogP contribution is -2.24. The lowest BCUT2D eigenvalue weighted by molar-refractivity contribution is -0.118. The van der Waals surface area contributed by atoms with Crippen LogP contribution in [0.25, 0.3) is 0 Å². The molecule has 35 heavy (non-hydrogen) atoms. The molecule has 7 nitrogen and oxygen atoms in total. The molecule has 184 valence electrons. The van der Waals surface area contributed by atoms with Gasteiger partial charge in [-0.1, -0.05) is 57.2 Å². The Morgan fingerprint density at radius 3 is 2.11 bits per heavy atom. The van der Waals surface area contributed by atoms with E-state index in [0.29, 0.717) is 28.3 Å². The molecule has 0 spiro atoms. The first-order chi connectivity index (χ1) is 16.3. The van der Waals surface area contributed by atoms with Gasteiger partial charge in [-0.05, 0) is 47.4 Å². The number of carbonyl (C=O) groups is 2. The van der Waals surface area contributed by atoms with Crippen LogP contribution in [0.15, 0.2) is 72.8 Å². The Kier molecular flexibility index (Phi) is 7.65. The largest absolute Gasteiger partial charge is 0.484 e. The summed E-state index contributed by atoms with van der Waals surface area (Å²) < 4.78 is 29.9. The number of nitrogens with zero attached hydrogens (tertiary/aromatic N) is 1. The Labute approximate surface area is 206 Å². The summed E-state index contributed by atoms with van der Waals surface area (Å²) in [7, 11) is -1.90. The second-order valence-electron chi connectivity index (χ2n) is 9.30. The summed E-state index contributed by atoms with van der Waals surface area (Å²) >= 11 is 0. The van der Waals surface area contributed by atoms with Crippen LogP contribution in [0.1, 0.15) is 42.3 Å². The highest BCUT2D eigenvalue weighted by molar-refractivity contribution is 7.92. The van der Waals surface area contributed by atoms with Crippen LogP contribution >= 0.6 is 0 Å². The van der Waals surface area contributed by atoms with Crippen molar-refractivity contribution < 1.29 is 22.7 Å². The summed E-state index contributed by atoms with van der Waals surface area (Å²) in [4.78, 5) is 25.3. The molecular weight excluding hydrogens is 464 g/mol. The fourth-order valence-corrected chi connectivity index (χ4v) is 3.82. The van der Waals surface area contributed by atoms with Gasteiger partial charge in [0.1, 0.15) is 5.75 Å². The quantitative estimate of drug-likeness (QED) is 0.461. The molecule has 0 saturated heterocycles. The van der Waals surface area contributed by atoms with Gasteiger partial charge in [0.2, 0.25) is 10.0 Å². The van der Waals surface area contributed by atoms with E-state index in [9.17, 15) is 18.0 Å². The minimum Gasteiger partial charge on any atom is -0.484 e. The highest BCUT2D eigenvalue weighted by Crippen LogP contribution is 2.24. The molecule has 0 heterocycles. The number of rotatable bonds is 8. The molecule has 0 aliphatic carbocycles. The zero-order chi connectivity index (χ0) is 25.8. The van der Waals surface area contributed by atoms with Crippen molar-refractivity contribution in [3.63, 3.8) is 0 Å². The third-order valence-corrected chi connectivity index (χ3v) is 6.70. The molecule has 0 aliphatic heterocycles. The molecule has 0 aromatic heterocycles. The number of hydrogen-bond acceptors (Lipinski definition) is 5. The smallest absolute Gasteiger partial charge is 0.262 e. The van der Waals surface area contributed by atoms with Crippen molar-refractivity contribution in [3.05, 3.63) is 89.5 Å². The van der Waals surface area contributed by atoms with Gasteiger partial charge in [-0.25, -0.2) is 8.42 Å². The minimum atomic E-state index is -3.36. The number of ketones is 1. The van der Waals surface area contributed by atoms with Gasteiger partial charge < -0.3 is 10.1 Å². The molecule has 8 heteroatoms. The Morgan fingerprint density at radius 1 is 0.914 bits per heavy atom. The standard InChI is InChI=1S/C27H30N2O5S/c1-27(2,3)21-11-9-19(10-12-21)26(31)20-7-6-8-22(17-20)28-25(30)18-34-24-15-13-23(14-16-24)29(4)35(5,32)33/h6-17H,18H2,1-5H3,(H,28,30). The number of anilines is 2. The van der Waals surface area contributed by atoms with Crippen molar-refractivity contribution >= 4 is 33.1 Å². The number of amides is 1. The van der Waals surface area contributed by atoms with Crippen LogP contribution in [0.2, 0.25) is 0 Å². The van der Waals surface area contributed by atoms with E-state index in [0.717, 1.165) is 16.1 Å². The molecule has 0 radical (unpaired) electrons. The monoisotopic (exact) mass is 494 g/mol. The van der Waals surface area contributed by atoms with E-state index in [1.165, 1.54) is 7.05 Å². The first kappa shape index (κ1) is 26.0. The van der Waals surface area contributed by atoms with Gasteiger partial charge in [-0.15, -0.1) is 0 Å². The lowest BCUT2D eigenvalue weighted by atomic mass is 9.86. The van der Waals surface area contributed by atoms with Gasteiger partial charge in [-0.3, -0.25) is 13.9 Å². The summed E-state index contributed by atoms with van der Waals surface area (Å²) in [6.45, 7) is 6.11. The normalized spacial score (nSPS) is 11.6. The number of sulfonamides is 1. The van der Waals surface area contributed by atoms with E-state index in [4.69, 9.17) is 4.74 Å². The van der Waals surface area contributed by atoms with Crippen LogP contribution in [-0.2, 0) is 20.2 Å². The van der Waals surface area contributed by atoms with Crippen molar-refractivity contribution in [2.24, 2.45) is 0 Å². The van der Waals surface area contributed by atoms with Crippen LogP contribution in [-0.4, -0.2) is 40.0 Å². The number of carbonyl (C=O) groups excluding carboxylic acids is 2. The van der Waals surface area contributed by atoms with Crippen LogP contribution < -0.4 is 14.4 Å². The average Bonchev–Trinajstić information content (AvgIpc) is 2.81. The molecule has 3 aromatic carbocycles. The van der Waals surface area contributed by atoms with E-state index in [2.05, 4.69) is 26.1 Å². The molecule has 1 amide bonds. The maximum atomic E-state index is 12.9. The van der Waals surface area contributed by atoms with Crippen molar-refractivity contribution in [1.82, 2.24) is 0 Å². The summed E-state index contributed by atoms with van der Waals surface area (Å²) in [6, 6.07) is 20.7. The maximum Gasteiger partial charge on any atom is 0.262 e. The van der Waals surface area contributed by atoms with Gasteiger partial charge in [0.25, 0.3) is 5.91 Å². The van der Waals surface area contributed by atoms with E-state index < -0.39 is 10.0 Å². The molecule has 0 atom stereocenters. The Hall–Kier alpha value is -3.65. The lowest BCUT2D eigenvalue weighted by Gasteiger charge is -2.19. The summed E-state index contributed by atoms with van der Waals surface area (Å²) in [5, 5.41) is 2.73. The van der Waals surface area contributed by atoms with Gasteiger partial charge >= 0.3 is 0 Å². The molecule has 0 fully saturated rings. The van der Waals surface area contributed by atoms with Crippen molar-refractivity contribution in [2.75, 3.05) is 29.5 Å². The maximum absolute atomic E-state index is 12.9. The molecule has 0 aliphatic rings. The minimum absolute atomic E-state index is 0.00237. The fraction of sp³-hybridized carbons (Fsp3) is 0.259. The van der Waals surface area contributed by atoms with Gasteiger partial charge in [0, 0.05) is 23.9 Å². The van der Waals surface area contributed by atoms with Crippen molar-refractivity contribution in [2.45, 2.75) is 26.2 Å². The molecule has 0 unspecified atom stereocenters. The number of benzene rings is 3. The summed E-state index contributed by atoms with van der Waals surface area (Å²) in [6.07, 6.45) is 1.12. The molecule has 0 saturated carbocycles. The van der Waals surface area contributed by atoms with Crippen LogP contribution in [0.5, 0.6) is 5.75 Å². The van der Waals surface area contributed by atoms with Crippen molar-refractivity contribution in [1.29, 1.82) is 0 Å². The second-order valence-corrected chi connectivity index (χ2v) is 11.3. The first-order valence-corrected chi connectivity index (χ1v) is 12.9. The second kappa shape index (κ2) is 10.3. The molecular formula is C27H30N2O5S. The van der Waals surface area contributed by atoms with Crippen LogP contribution in [0.3, 0.4) is 0 Å². The highest BCUT2D eigenvalue weighted by Gasteiger charge is 2.16. The van der Waals surface area contributed by atoms with E-state index in [1.807, 2.05) is 24.3 Å². The SMILES string of the molecule is CN(c1ccc(OCC(=O)Nc2cccc(C(=O)c3ccc(C(C)(C)C)cc3)c2)cc1)S(C)(=O)=O. The van der Waals surface area contributed by atoms with Crippen LogP contribution in [0, 0.1) is 0 Å². The Morgan fingerprint density at radius 2 is 1.54 bits per heavy atom. The number of nitrogens with one attached hydrogen (secondary N) is 1. The first-order valence-electron chi connectivity index (χ1n) is 11.1. The third-order valence-electron chi connectivity index (χ3n) is 5.49. The van der Waals surface area contributed by atoms with E-state index in [1.54, 1.807) is 48.5 Å². The van der Waals surface area contributed by atoms with Gasteiger partial charge in [0.15, 0.2) is 12.4 Å². The predicted octanol–water partition coefficient (Wildman–Crippen LogP) is 4.63. The van der Waals surface area contributed by atoms with E-state index >= 15 is 0 Å². The summed E-state index contributed by atoms with van der Waals surface area (Å²) in [5.74, 6) is -0.0909. The molecule has 3 aromatic rings. The Bertz CT molecular complexity index is 1310.